The average molecular weight is 319 g/mol. The molecule has 0 spiro atoms. The van der Waals surface area contributed by atoms with Crippen molar-refractivity contribution < 1.29 is 4.52 Å². The lowest BCUT2D eigenvalue weighted by molar-refractivity contribution is 0.421. The van der Waals surface area contributed by atoms with E-state index in [-0.39, 0.29) is 0 Å². The highest BCUT2D eigenvalue weighted by Crippen LogP contribution is 2.39. The van der Waals surface area contributed by atoms with E-state index in [9.17, 15) is 0 Å². The fraction of sp³-hybridized carbons (Fsp3) is 0.375. The van der Waals surface area contributed by atoms with Crippen LogP contribution in [0.25, 0.3) is 11.6 Å². The van der Waals surface area contributed by atoms with Gasteiger partial charge in [-0.05, 0) is 47.0 Å². The largest absolute Gasteiger partial charge is 0.332 e. The minimum absolute atomic E-state index is 0.531. The summed E-state index contributed by atoms with van der Waals surface area (Å²) < 4.78 is 10.5. The van der Waals surface area contributed by atoms with Crippen molar-refractivity contribution in [2.45, 2.75) is 18.8 Å². The molecule has 14 heavy (non-hydrogen) atoms. The highest BCUT2D eigenvalue weighted by atomic mass is 127. The molecule has 0 atom stereocenters. The van der Waals surface area contributed by atoms with Crippen molar-refractivity contribution >= 4 is 34.1 Å². The monoisotopic (exact) mass is 319 g/mol. The van der Waals surface area contributed by atoms with Crippen LogP contribution in [0.15, 0.2) is 9.90 Å². The number of hydrogen-bond donors (Lipinski definition) is 0. The normalized spacial score (nSPS) is 16.1. The number of rotatable bonds is 2. The third-order valence-corrected chi connectivity index (χ3v) is 3.99. The second-order valence-corrected chi connectivity index (χ2v) is 5.03. The van der Waals surface area contributed by atoms with E-state index in [1.807, 2.05) is 5.38 Å². The number of hydrogen-bond acceptors (Lipinski definition) is 5. The van der Waals surface area contributed by atoms with Crippen molar-refractivity contribution in [3.05, 3.63) is 14.8 Å². The Hall–Kier alpha value is -0.500. The van der Waals surface area contributed by atoms with E-state index in [0.29, 0.717) is 11.8 Å². The maximum atomic E-state index is 5.17. The molecule has 6 heteroatoms. The molecule has 1 aliphatic rings. The molecule has 2 heterocycles. The van der Waals surface area contributed by atoms with Gasteiger partial charge in [0.25, 0.3) is 5.89 Å². The first-order valence-corrected chi connectivity index (χ1v) is 6.20. The molecule has 1 saturated carbocycles. The zero-order chi connectivity index (χ0) is 9.54. The highest BCUT2D eigenvalue weighted by molar-refractivity contribution is 14.1. The molecular formula is C8H6IN3OS. The van der Waals surface area contributed by atoms with Gasteiger partial charge < -0.3 is 4.52 Å². The van der Waals surface area contributed by atoms with E-state index in [1.165, 1.54) is 24.4 Å². The van der Waals surface area contributed by atoms with Crippen LogP contribution in [0.1, 0.15) is 24.6 Å². The summed E-state index contributed by atoms with van der Waals surface area (Å²) in [4.78, 5) is 4.34. The zero-order valence-corrected chi connectivity index (χ0v) is 10.1. The first kappa shape index (κ1) is 8.78. The summed E-state index contributed by atoms with van der Waals surface area (Å²) in [5.74, 6) is 1.92. The summed E-state index contributed by atoms with van der Waals surface area (Å²) in [5.41, 5.74) is 0.815. The fourth-order valence-electron chi connectivity index (χ4n) is 1.20. The molecule has 0 aromatic carbocycles. The van der Waals surface area contributed by atoms with Crippen LogP contribution in [0, 0.1) is 3.57 Å². The van der Waals surface area contributed by atoms with Crippen molar-refractivity contribution in [1.82, 2.24) is 14.5 Å². The van der Waals surface area contributed by atoms with Crippen molar-refractivity contribution in [3.63, 3.8) is 0 Å². The van der Waals surface area contributed by atoms with Gasteiger partial charge in [0.15, 0.2) is 11.5 Å². The van der Waals surface area contributed by atoms with E-state index >= 15 is 0 Å². The van der Waals surface area contributed by atoms with Crippen LogP contribution in [0.5, 0.6) is 0 Å². The van der Waals surface area contributed by atoms with Crippen LogP contribution in [0.3, 0.4) is 0 Å². The Labute approximate surface area is 98.0 Å². The Bertz CT molecular complexity index is 463. The second-order valence-electron chi connectivity index (χ2n) is 3.24. The quantitative estimate of drug-likeness (QED) is 0.799. The Morgan fingerprint density at radius 1 is 1.50 bits per heavy atom. The van der Waals surface area contributed by atoms with Gasteiger partial charge in [-0.3, -0.25) is 0 Å². The lowest BCUT2D eigenvalue weighted by Crippen LogP contribution is -1.83. The topological polar surface area (TPSA) is 51.8 Å². The summed E-state index contributed by atoms with van der Waals surface area (Å²) in [6, 6.07) is 0. The van der Waals surface area contributed by atoms with Crippen LogP contribution in [-0.2, 0) is 0 Å². The lowest BCUT2D eigenvalue weighted by atomic mass is 10.4. The van der Waals surface area contributed by atoms with Crippen LogP contribution in [-0.4, -0.2) is 14.5 Å². The van der Waals surface area contributed by atoms with Crippen LogP contribution >= 0.6 is 34.1 Å². The zero-order valence-electron chi connectivity index (χ0n) is 7.11. The third-order valence-electron chi connectivity index (χ3n) is 2.11. The number of nitrogens with zero attached hydrogens (tertiary/aromatic N) is 3. The van der Waals surface area contributed by atoms with Gasteiger partial charge in [0.05, 0.1) is 3.57 Å². The Morgan fingerprint density at radius 3 is 3.00 bits per heavy atom. The molecule has 0 aliphatic heterocycles. The van der Waals surface area contributed by atoms with Crippen molar-refractivity contribution in [2.75, 3.05) is 0 Å². The van der Waals surface area contributed by atoms with E-state index in [0.717, 1.165) is 15.1 Å². The van der Waals surface area contributed by atoms with Gasteiger partial charge in [-0.1, -0.05) is 5.16 Å². The van der Waals surface area contributed by atoms with Crippen LogP contribution in [0.4, 0.5) is 0 Å². The summed E-state index contributed by atoms with van der Waals surface area (Å²) in [6.07, 6.45) is 2.38. The second kappa shape index (κ2) is 3.27. The summed E-state index contributed by atoms with van der Waals surface area (Å²) in [5, 5.41) is 5.92. The number of aromatic nitrogens is 3. The summed E-state index contributed by atoms with van der Waals surface area (Å²) in [7, 11) is 0. The molecule has 0 bridgehead atoms. The van der Waals surface area contributed by atoms with Gasteiger partial charge in [-0.25, -0.2) is 0 Å². The first-order valence-electron chi connectivity index (χ1n) is 4.28. The molecular weight excluding hydrogens is 313 g/mol. The molecule has 3 rings (SSSR count). The van der Waals surface area contributed by atoms with E-state index in [4.69, 9.17) is 4.52 Å². The van der Waals surface area contributed by atoms with Gasteiger partial charge in [0, 0.05) is 11.3 Å². The molecule has 2 aromatic heterocycles. The third kappa shape index (κ3) is 1.46. The van der Waals surface area contributed by atoms with Gasteiger partial charge in [-0.2, -0.15) is 9.36 Å². The number of halogens is 1. The molecule has 0 radical (unpaired) electrons. The van der Waals surface area contributed by atoms with Gasteiger partial charge in [-0.15, -0.1) is 0 Å². The Balaban J connectivity index is 1.99. The minimum atomic E-state index is 0.531. The van der Waals surface area contributed by atoms with Crippen molar-refractivity contribution in [3.8, 4) is 11.6 Å². The predicted octanol–water partition coefficient (Wildman–Crippen LogP) is 2.68. The Morgan fingerprint density at radius 2 is 2.36 bits per heavy atom. The lowest BCUT2D eigenvalue weighted by Gasteiger charge is -1.85. The van der Waals surface area contributed by atoms with Crippen molar-refractivity contribution in [1.29, 1.82) is 0 Å². The van der Waals surface area contributed by atoms with E-state index < -0.39 is 0 Å². The van der Waals surface area contributed by atoms with Gasteiger partial charge >= 0.3 is 0 Å². The maximum Gasteiger partial charge on any atom is 0.278 e. The van der Waals surface area contributed by atoms with Gasteiger partial charge in [0.2, 0.25) is 0 Å². The molecule has 1 fully saturated rings. The van der Waals surface area contributed by atoms with E-state index in [2.05, 4.69) is 37.1 Å². The molecule has 0 unspecified atom stereocenters. The highest BCUT2D eigenvalue weighted by Gasteiger charge is 2.29. The summed E-state index contributed by atoms with van der Waals surface area (Å²) in [6.45, 7) is 0. The smallest absolute Gasteiger partial charge is 0.278 e. The Kier molecular flexibility index (Phi) is 2.05. The first-order chi connectivity index (χ1) is 6.84. The van der Waals surface area contributed by atoms with Crippen LogP contribution in [0.2, 0.25) is 0 Å². The standard InChI is InChI=1S/C8H6IN3OS/c9-5-3-14-12-6(5)8-10-7(11-13-8)4-1-2-4/h3-4H,1-2H2. The average Bonchev–Trinajstić information content (AvgIpc) is 2.75. The van der Waals surface area contributed by atoms with Crippen LogP contribution < -0.4 is 0 Å². The maximum absolute atomic E-state index is 5.17. The molecule has 0 N–H and O–H groups in total. The SMILES string of the molecule is Ic1csnc1-c1nc(C2CC2)no1. The minimum Gasteiger partial charge on any atom is -0.332 e. The molecule has 2 aromatic rings. The summed E-state index contributed by atoms with van der Waals surface area (Å²) >= 11 is 3.63. The fourth-order valence-corrected chi connectivity index (χ4v) is 2.60. The molecule has 0 saturated heterocycles. The van der Waals surface area contributed by atoms with E-state index in [1.54, 1.807) is 0 Å². The molecule has 4 nitrogen and oxygen atoms in total. The molecule has 1 aliphatic carbocycles. The van der Waals surface area contributed by atoms with Crippen molar-refractivity contribution in [2.24, 2.45) is 0 Å². The molecule has 0 amide bonds. The molecule has 72 valence electrons. The predicted molar refractivity (Wildman–Crippen MR) is 60.1 cm³/mol. The van der Waals surface area contributed by atoms with Gasteiger partial charge in [0.1, 0.15) is 0 Å².